The van der Waals surface area contributed by atoms with Crippen LogP contribution in [0.5, 0.6) is 5.75 Å². The van der Waals surface area contributed by atoms with Crippen molar-refractivity contribution in [2.24, 2.45) is 0 Å². The highest BCUT2D eigenvalue weighted by molar-refractivity contribution is 6.30. The Kier molecular flexibility index (Phi) is 6.05. The largest absolute Gasteiger partial charge is 0.478 e. The number of carbonyl (C=O) groups excluding carboxylic acids is 1. The van der Waals surface area contributed by atoms with Gasteiger partial charge < -0.3 is 15.2 Å². The van der Waals surface area contributed by atoms with Crippen LogP contribution in [0.3, 0.4) is 0 Å². The lowest BCUT2D eigenvalue weighted by atomic mass is 9.92. The monoisotopic (exact) mass is 313 g/mol. The van der Waals surface area contributed by atoms with Crippen LogP contribution in [-0.2, 0) is 4.79 Å². The summed E-state index contributed by atoms with van der Waals surface area (Å²) in [6.45, 7) is 7.18. The van der Waals surface area contributed by atoms with Gasteiger partial charge in [-0.3, -0.25) is 4.79 Å². The van der Waals surface area contributed by atoms with Gasteiger partial charge in [0.15, 0.2) is 5.60 Å². The Labute approximate surface area is 131 Å². The molecule has 0 aromatic heterocycles. The molecule has 0 heterocycles. The van der Waals surface area contributed by atoms with Gasteiger partial charge in [0, 0.05) is 5.02 Å². The molecule has 0 aliphatic heterocycles. The highest BCUT2D eigenvalue weighted by Crippen LogP contribution is 2.22. The molecule has 0 saturated carbocycles. The molecule has 1 aromatic rings. The average Bonchev–Trinajstić information content (AvgIpc) is 2.47. The van der Waals surface area contributed by atoms with E-state index in [1.54, 1.807) is 38.1 Å². The van der Waals surface area contributed by atoms with E-state index in [1.807, 2.05) is 13.8 Å². The Hall–Kier alpha value is -1.26. The Morgan fingerprint density at radius 1 is 1.24 bits per heavy atom. The number of benzene rings is 1. The fraction of sp³-hybridized carbons (Fsp3) is 0.562. The van der Waals surface area contributed by atoms with Crippen molar-refractivity contribution in [1.29, 1.82) is 0 Å². The van der Waals surface area contributed by atoms with Gasteiger partial charge in [0.1, 0.15) is 5.75 Å². The lowest BCUT2D eigenvalue weighted by Crippen LogP contribution is -2.57. The highest BCUT2D eigenvalue weighted by atomic mass is 35.5. The fourth-order valence-electron chi connectivity index (χ4n) is 1.92. The number of aliphatic hydroxyl groups is 1. The molecule has 0 bridgehead atoms. The number of aliphatic hydroxyl groups excluding tert-OH is 1. The quantitative estimate of drug-likeness (QED) is 0.813. The molecule has 2 N–H and O–H groups in total. The van der Waals surface area contributed by atoms with Crippen LogP contribution in [0.15, 0.2) is 24.3 Å². The second-order valence-electron chi connectivity index (χ2n) is 5.67. The molecule has 4 nitrogen and oxygen atoms in total. The molecule has 0 fully saturated rings. The van der Waals surface area contributed by atoms with Crippen molar-refractivity contribution in [2.75, 3.05) is 6.61 Å². The Bertz CT molecular complexity index is 459. The van der Waals surface area contributed by atoms with E-state index in [9.17, 15) is 9.90 Å². The first kappa shape index (κ1) is 17.8. The number of hydrogen-bond acceptors (Lipinski definition) is 3. The zero-order valence-electron chi connectivity index (χ0n) is 13.1. The van der Waals surface area contributed by atoms with Crippen LogP contribution in [0.4, 0.5) is 0 Å². The summed E-state index contributed by atoms with van der Waals surface area (Å²) in [6, 6.07) is 6.86. The molecule has 0 atom stereocenters. The molecule has 1 aromatic carbocycles. The summed E-state index contributed by atoms with van der Waals surface area (Å²) in [5.41, 5.74) is -1.64. The van der Waals surface area contributed by atoms with Crippen molar-refractivity contribution in [2.45, 2.75) is 51.7 Å². The predicted molar refractivity (Wildman–Crippen MR) is 84.7 cm³/mol. The van der Waals surface area contributed by atoms with Crippen LogP contribution < -0.4 is 10.1 Å². The minimum atomic E-state index is -1.04. The second-order valence-corrected chi connectivity index (χ2v) is 6.10. The van der Waals surface area contributed by atoms with Gasteiger partial charge in [0.05, 0.1) is 12.1 Å². The molecular formula is C16H24ClNO3. The number of carbonyl (C=O) groups is 1. The Morgan fingerprint density at radius 3 is 2.19 bits per heavy atom. The maximum Gasteiger partial charge on any atom is 0.264 e. The first-order valence-corrected chi connectivity index (χ1v) is 7.54. The minimum Gasteiger partial charge on any atom is -0.478 e. The van der Waals surface area contributed by atoms with Crippen LogP contribution in [0.1, 0.15) is 40.5 Å². The summed E-state index contributed by atoms with van der Waals surface area (Å²) in [5, 5.41) is 13.1. The SMILES string of the molecule is CCC(CC)(CO)NC(=O)C(C)(C)Oc1ccc(Cl)cc1. The van der Waals surface area contributed by atoms with Gasteiger partial charge in [-0.15, -0.1) is 0 Å². The summed E-state index contributed by atoms with van der Waals surface area (Å²) in [4.78, 5) is 12.5. The molecule has 0 aliphatic rings. The topological polar surface area (TPSA) is 58.6 Å². The van der Waals surface area contributed by atoms with E-state index in [1.165, 1.54) is 0 Å². The van der Waals surface area contributed by atoms with Gasteiger partial charge in [-0.25, -0.2) is 0 Å². The highest BCUT2D eigenvalue weighted by Gasteiger charge is 2.36. The molecule has 0 radical (unpaired) electrons. The smallest absolute Gasteiger partial charge is 0.264 e. The number of halogens is 1. The summed E-state index contributed by atoms with van der Waals surface area (Å²) in [6.07, 6.45) is 1.31. The molecule has 118 valence electrons. The van der Waals surface area contributed by atoms with E-state index in [2.05, 4.69) is 5.32 Å². The summed E-state index contributed by atoms with van der Waals surface area (Å²) >= 11 is 5.83. The third-order valence-corrected chi connectivity index (χ3v) is 4.02. The number of rotatable bonds is 7. The van der Waals surface area contributed by atoms with Gasteiger partial charge in [-0.2, -0.15) is 0 Å². The Morgan fingerprint density at radius 2 is 1.76 bits per heavy atom. The second kappa shape index (κ2) is 7.14. The van der Waals surface area contributed by atoms with Gasteiger partial charge in [0.25, 0.3) is 5.91 Å². The number of hydrogen-bond donors (Lipinski definition) is 2. The van der Waals surface area contributed by atoms with Crippen LogP contribution >= 0.6 is 11.6 Å². The molecule has 0 aliphatic carbocycles. The molecule has 5 heteroatoms. The van der Waals surface area contributed by atoms with E-state index in [0.717, 1.165) is 0 Å². The van der Waals surface area contributed by atoms with Crippen molar-refractivity contribution in [3.63, 3.8) is 0 Å². The minimum absolute atomic E-state index is 0.0945. The van der Waals surface area contributed by atoms with E-state index in [-0.39, 0.29) is 12.5 Å². The average molecular weight is 314 g/mol. The fourth-order valence-corrected chi connectivity index (χ4v) is 2.05. The van der Waals surface area contributed by atoms with Crippen molar-refractivity contribution in [1.82, 2.24) is 5.32 Å². The van der Waals surface area contributed by atoms with Crippen LogP contribution in [0.25, 0.3) is 0 Å². The molecule has 1 amide bonds. The molecule has 1 rings (SSSR count). The number of amides is 1. The first-order chi connectivity index (χ1) is 9.78. The summed E-state index contributed by atoms with van der Waals surface area (Å²) in [5.74, 6) is 0.317. The van der Waals surface area contributed by atoms with Gasteiger partial charge in [-0.1, -0.05) is 25.4 Å². The normalized spacial score (nSPS) is 12.1. The maximum absolute atomic E-state index is 12.5. The molecule has 0 spiro atoms. The molecular weight excluding hydrogens is 290 g/mol. The summed E-state index contributed by atoms with van der Waals surface area (Å²) in [7, 11) is 0. The number of nitrogens with one attached hydrogen (secondary N) is 1. The van der Waals surface area contributed by atoms with Gasteiger partial charge in [-0.05, 0) is 51.0 Å². The van der Waals surface area contributed by atoms with Crippen molar-refractivity contribution >= 4 is 17.5 Å². The van der Waals surface area contributed by atoms with Crippen LogP contribution in [-0.4, -0.2) is 28.8 Å². The van der Waals surface area contributed by atoms with E-state index < -0.39 is 11.1 Å². The molecule has 21 heavy (non-hydrogen) atoms. The van der Waals surface area contributed by atoms with Crippen LogP contribution in [0, 0.1) is 0 Å². The van der Waals surface area contributed by atoms with Crippen molar-refractivity contribution in [3.8, 4) is 5.75 Å². The van der Waals surface area contributed by atoms with E-state index in [4.69, 9.17) is 16.3 Å². The van der Waals surface area contributed by atoms with Crippen LogP contribution in [0.2, 0.25) is 5.02 Å². The van der Waals surface area contributed by atoms with Gasteiger partial charge >= 0.3 is 0 Å². The third kappa shape index (κ3) is 4.61. The molecule has 0 saturated heterocycles. The van der Waals surface area contributed by atoms with Crippen molar-refractivity contribution in [3.05, 3.63) is 29.3 Å². The lowest BCUT2D eigenvalue weighted by molar-refractivity contribution is -0.137. The Balaban J connectivity index is 2.81. The van der Waals surface area contributed by atoms with E-state index >= 15 is 0 Å². The lowest BCUT2D eigenvalue weighted by Gasteiger charge is -2.35. The zero-order chi connectivity index (χ0) is 16.1. The first-order valence-electron chi connectivity index (χ1n) is 7.16. The zero-order valence-corrected chi connectivity index (χ0v) is 13.8. The number of ether oxygens (including phenoxy) is 1. The molecule has 0 unspecified atom stereocenters. The standard InChI is InChI=1S/C16H24ClNO3/c1-5-16(6-2,11-19)18-14(20)15(3,4)21-13-9-7-12(17)8-10-13/h7-10,19H,5-6,11H2,1-4H3,(H,18,20). The third-order valence-electron chi connectivity index (χ3n) is 3.77. The predicted octanol–water partition coefficient (Wildman–Crippen LogP) is 3.16. The van der Waals surface area contributed by atoms with Crippen molar-refractivity contribution < 1.29 is 14.6 Å². The van der Waals surface area contributed by atoms with E-state index in [0.29, 0.717) is 23.6 Å². The maximum atomic E-state index is 12.5. The summed E-state index contributed by atoms with van der Waals surface area (Å²) < 4.78 is 5.75. The van der Waals surface area contributed by atoms with Gasteiger partial charge in [0.2, 0.25) is 0 Å².